The first kappa shape index (κ1) is 21.5. The summed E-state index contributed by atoms with van der Waals surface area (Å²) in [6, 6.07) is 13.7. The molecule has 0 radical (unpaired) electrons. The van der Waals surface area contributed by atoms with E-state index in [-0.39, 0.29) is 23.5 Å². The van der Waals surface area contributed by atoms with Gasteiger partial charge in [0.2, 0.25) is 0 Å². The van der Waals surface area contributed by atoms with Crippen molar-refractivity contribution < 1.29 is 18.7 Å². The molecular weight excluding hydrogens is 397 g/mol. The highest BCUT2D eigenvalue weighted by atomic mass is 19.1. The normalized spacial score (nSPS) is 20.0. The monoisotopic (exact) mass is 425 g/mol. The number of ether oxygens (including phenoxy) is 1. The van der Waals surface area contributed by atoms with Crippen LogP contribution < -0.4 is 0 Å². The zero-order chi connectivity index (χ0) is 21.8. The van der Waals surface area contributed by atoms with Crippen LogP contribution >= 0.6 is 0 Å². The minimum atomic E-state index is -0.483. The Morgan fingerprint density at radius 3 is 2.35 bits per heavy atom. The Morgan fingerprint density at radius 2 is 1.65 bits per heavy atom. The maximum absolute atomic E-state index is 13.9. The van der Waals surface area contributed by atoms with Crippen molar-refractivity contribution in [3.8, 4) is 0 Å². The summed E-state index contributed by atoms with van der Waals surface area (Å²) in [4.78, 5) is 31.2. The lowest BCUT2D eigenvalue weighted by atomic mass is 10.1. The number of morpholine rings is 1. The van der Waals surface area contributed by atoms with Gasteiger partial charge in [0.05, 0.1) is 18.3 Å². The second-order valence-corrected chi connectivity index (χ2v) is 8.18. The number of piperazine rings is 1. The van der Waals surface area contributed by atoms with Crippen molar-refractivity contribution in [1.29, 1.82) is 0 Å². The molecule has 0 saturated carbocycles. The minimum Gasteiger partial charge on any atom is -0.373 e. The molecule has 2 aromatic carbocycles. The van der Waals surface area contributed by atoms with Crippen molar-refractivity contribution >= 4 is 11.8 Å². The Bertz CT molecular complexity index is 926. The highest BCUT2D eigenvalue weighted by molar-refractivity contribution is 5.95. The van der Waals surface area contributed by atoms with E-state index in [2.05, 4.69) is 4.90 Å². The lowest BCUT2D eigenvalue weighted by Crippen LogP contribution is -2.54. The summed E-state index contributed by atoms with van der Waals surface area (Å²) in [5.74, 6) is -0.709. The molecule has 2 aliphatic heterocycles. The predicted octanol–water partition coefficient (Wildman–Crippen LogP) is 2.43. The molecule has 2 aliphatic rings. The van der Waals surface area contributed by atoms with Crippen molar-refractivity contribution in [3.05, 3.63) is 71.0 Å². The van der Waals surface area contributed by atoms with Gasteiger partial charge >= 0.3 is 0 Å². The van der Waals surface area contributed by atoms with Crippen LogP contribution in [0.4, 0.5) is 4.39 Å². The molecule has 0 aromatic heterocycles. The number of carbonyl (C=O) groups excluding carboxylic acids is 2. The average molecular weight is 426 g/mol. The van der Waals surface area contributed by atoms with E-state index < -0.39 is 5.82 Å². The quantitative estimate of drug-likeness (QED) is 0.755. The van der Waals surface area contributed by atoms with Crippen LogP contribution in [0, 0.1) is 12.7 Å². The van der Waals surface area contributed by atoms with E-state index >= 15 is 0 Å². The van der Waals surface area contributed by atoms with Crippen LogP contribution in [0.15, 0.2) is 48.5 Å². The molecule has 0 N–H and O–H groups in total. The van der Waals surface area contributed by atoms with Crippen molar-refractivity contribution in [1.82, 2.24) is 14.7 Å². The van der Waals surface area contributed by atoms with Crippen LogP contribution in [0.2, 0.25) is 0 Å². The van der Waals surface area contributed by atoms with Gasteiger partial charge in [-0.3, -0.25) is 14.5 Å². The summed E-state index contributed by atoms with van der Waals surface area (Å²) >= 11 is 0. The van der Waals surface area contributed by atoms with Crippen molar-refractivity contribution in [2.24, 2.45) is 0 Å². The number of halogens is 1. The molecule has 7 heteroatoms. The van der Waals surface area contributed by atoms with Gasteiger partial charge in [-0.2, -0.15) is 0 Å². The highest BCUT2D eigenvalue weighted by Gasteiger charge is 2.29. The molecule has 2 amide bonds. The van der Waals surface area contributed by atoms with E-state index in [9.17, 15) is 14.0 Å². The van der Waals surface area contributed by atoms with Crippen molar-refractivity contribution in [2.75, 3.05) is 52.4 Å². The lowest BCUT2D eigenvalue weighted by molar-refractivity contribution is -0.0400. The Hall–Kier alpha value is -2.77. The molecule has 2 aromatic rings. The number of aryl methyl sites for hydroxylation is 1. The smallest absolute Gasteiger partial charge is 0.256 e. The fourth-order valence-corrected chi connectivity index (χ4v) is 4.12. The Kier molecular flexibility index (Phi) is 6.63. The van der Waals surface area contributed by atoms with Gasteiger partial charge in [-0.05, 0) is 31.2 Å². The number of hydrogen-bond acceptors (Lipinski definition) is 4. The molecule has 4 rings (SSSR count). The van der Waals surface area contributed by atoms with Gasteiger partial charge < -0.3 is 14.5 Å². The summed E-state index contributed by atoms with van der Waals surface area (Å²) in [5.41, 5.74) is 1.95. The molecule has 1 unspecified atom stereocenters. The first-order valence-electron chi connectivity index (χ1n) is 10.7. The van der Waals surface area contributed by atoms with Gasteiger partial charge in [0.15, 0.2) is 0 Å². The Morgan fingerprint density at radius 1 is 0.935 bits per heavy atom. The van der Waals surface area contributed by atoms with Crippen LogP contribution in [0.5, 0.6) is 0 Å². The fourth-order valence-electron chi connectivity index (χ4n) is 4.12. The Labute approximate surface area is 182 Å². The third-order valence-corrected chi connectivity index (χ3v) is 5.95. The van der Waals surface area contributed by atoms with E-state index in [1.807, 2.05) is 36.1 Å². The predicted molar refractivity (Wildman–Crippen MR) is 116 cm³/mol. The molecule has 2 fully saturated rings. The third-order valence-electron chi connectivity index (χ3n) is 5.95. The molecule has 164 valence electrons. The van der Waals surface area contributed by atoms with Gasteiger partial charge in [-0.15, -0.1) is 0 Å². The number of nitrogens with zero attached hydrogens (tertiary/aromatic N) is 3. The first-order valence-corrected chi connectivity index (χ1v) is 10.7. The Balaban J connectivity index is 1.28. The number of rotatable bonds is 4. The summed E-state index contributed by atoms with van der Waals surface area (Å²) in [6.07, 6.45) is -0.0584. The largest absolute Gasteiger partial charge is 0.373 e. The van der Waals surface area contributed by atoms with Gasteiger partial charge in [-0.25, -0.2) is 4.39 Å². The molecule has 31 heavy (non-hydrogen) atoms. The topological polar surface area (TPSA) is 53.1 Å². The van der Waals surface area contributed by atoms with E-state index in [1.165, 1.54) is 12.1 Å². The van der Waals surface area contributed by atoms with E-state index in [0.29, 0.717) is 58.0 Å². The van der Waals surface area contributed by atoms with Gasteiger partial charge in [0, 0.05) is 51.4 Å². The second kappa shape index (κ2) is 9.58. The van der Waals surface area contributed by atoms with Crippen molar-refractivity contribution in [2.45, 2.75) is 13.0 Å². The third kappa shape index (κ3) is 5.11. The molecule has 0 aliphatic carbocycles. The zero-order valence-electron chi connectivity index (χ0n) is 17.8. The number of hydrogen-bond donors (Lipinski definition) is 0. The van der Waals surface area contributed by atoms with Crippen LogP contribution in [-0.4, -0.2) is 85.0 Å². The number of benzene rings is 2. The highest BCUT2D eigenvalue weighted by Crippen LogP contribution is 2.15. The van der Waals surface area contributed by atoms with E-state index in [0.717, 1.165) is 5.56 Å². The first-order chi connectivity index (χ1) is 15.0. The summed E-state index contributed by atoms with van der Waals surface area (Å²) in [5, 5.41) is 0. The van der Waals surface area contributed by atoms with Crippen LogP contribution in [0.3, 0.4) is 0 Å². The molecule has 1 atom stereocenters. The SMILES string of the molecule is Cc1ccc(C(=O)N2CCOC(CN3CCN(C(=O)c4ccccc4F)CC3)C2)cc1. The van der Waals surface area contributed by atoms with Gasteiger partial charge in [-0.1, -0.05) is 29.8 Å². The number of amides is 2. The van der Waals surface area contributed by atoms with Crippen LogP contribution in [0.25, 0.3) is 0 Å². The fraction of sp³-hybridized carbons (Fsp3) is 0.417. The maximum Gasteiger partial charge on any atom is 0.256 e. The van der Waals surface area contributed by atoms with Crippen LogP contribution in [-0.2, 0) is 4.74 Å². The molecule has 0 bridgehead atoms. The second-order valence-electron chi connectivity index (χ2n) is 8.18. The van der Waals surface area contributed by atoms with Gasteiger partial charge in [0.25, 0.3) is 11.8 Å². The molecule has 2 saturated heterocycles. The minimum absolute atomic E-state index is 0.0357. The molecule has 6 nitrogen and oxygen atoms in total. The van der Waals surface area contributed by atoms with Gasteiger partial charge in [0.1, 0.15) is 5.82 Å². The van der Waals surface area contributed by atoms with Crippen molar-refractivity contribution in [3.63, 3.8) is 0 Å². The number of carbonyl (C=O) groups is 2. The molecule has 0 spiro atoms. The summed E-state index contributed by atoms with van der Waals surface area (Å²) in [6.45, 7) is 6.88. The van der Waals surface area contributed by atoms with E-state index in [4.69, 9.17) is 4.74 Å². The van der Waals surface area contributed by atoms with Crippen LogP contribution in [0.1, 0.15) is 26.3 Å². The molecule has 2 heterocycles. The average Bonchev–Trinajstić information content (AvgIpc) is 2.80. The zero-order valence-corrected chi connectivity index (χ0v) is 17.8. The standard InChI is InChI=1S/C24H28FN3O3/c1-18-6-8-19(9-7-18)23(29)28-14-15-31-20(17-28)16-26-10-12-27(13-11-26)24(30)21-4-2-3-5-22(21)25/h2-9,20H,10-17H2,1H3. The summed E-state index contributed by atoms with van der Waals surface area (Å²) in [7, 11) is 0. The lowest BCUT2D eigenvalue weighted by Gasteiger charge is -2.39. The maximum atomic E-state index is 13.9. The molecular formula is C24H28FN3O3. The summed E-state index contributed by atoms with van der Waals surface area (Å²) < 4.78 is 19.8. The van der Waals surface area contributed by atoms with E-state index in [1.54, 1.807) is 17.0 Å².